The highest BCUT2D eigenvalue weighted by atomic mass is 32.2. The predicted molar refractivity (Wildman–Crippen MR) is 104 cm³/mol. The molecule has 3 rings (SSSR count). The Morgan fingerprint density at radius 3 is 2.64 bits per heavy atom. The lowest BCUT2D eigenvalue weighted by molar-refractivity contribution is -0.114. The number of aromatic nitrogens is 3. The maximum Gasteiger partial charge on any atom is 0.241 e. The lowest BCUT2D eigenvalue weighted by Crippen LogP contribution is -2.25. The SMILES string of the molecule is COCCn1cnnc1CNS(=O)(=O)c1ccc(NC(C)=O)c2ccccc12. The van der Waals surface area contributed by atoms with E-state index in [0.717, 1.165) is 0 Å². The van der Waals surface area contributed by atoms with Crippen LogP contribution in [0.4, 0.5) is 5.69 Å². The average Bonchev–Trinajstić information content (AvgIpc) is 3.12. The molecule has 1 amide bonds. The molecule has 1 aromatic heterocycles. The van der Waals surface area contributed by atoms with Crippen LogP contribution in [0.15, 0.2) is 47.6 Å². The molecular formula is C18H21N5O4S. The zero-order chi connectivity index (χ0) is 20.1. The molecule has 0 spiro atoms. The monoisotopic (exact) mass is 403 g/mol. The third kappa shape index (κ3) is 4.35. The van der Waals surface area contributed by atoms with Gasteiger partial charge in [-0.3, -0.25) is 4.79 Å². The first-order chi connectivity index (χ1) is 13.4. The highest BCUT2D eigenvalue weighted by molar-refractivity contribution is 7.89. The number of amides is 1. The van der Waals surface area contributed by atoms with Gasteiger partial charge in [0, 0.05) is 37.0 Å². The quantitative estimate of drug-likeness (QED) is 0.589. The van der Waals surface area contributed by atoms with Gasteiger partial charge in [0.2, 0.25) is 15.9 Å². The summed E-state index contributed by atoms with van der Waals surface area (Å²) in [5.41, 5.74) is 0.557. The Morgan fingerprint density at radius 1 is 1.18 bits per heavy atom. The Labute approximate surface area is 162 Å². The van der Waals surface area contributed by atoms with Crippen molar-refractivity contribution in [1.82, 2.24) is 19.5 Å². The molecule has 0 atom stereocenters. The number of methoxy groups -OCH3 is 1. The first-order valence-corrected chi connectivity index (χ1v) is 10.1. The summed E-state index contributed by atoms with van der Waals surface area (Å²) in [5, 5.41) is 11.7. The van der Waals surface area contributed by atoms with Gasteiger partial charge in [0.05, 0.1) is 18.0 Å². The molecule has 0 radical (unpaired) electrons. The largest absolute Gasteiger partial charge is 0.383 e. The van der Waals surface area contributed by atoms with Crippen molar-refractivity contribution in [1.29, 1.82) is 0 Å². The summed E-state index contributed by atoms with van der Waals surface area (Å²) in [7, 11) is -2.23. The van der Waals surface area contributed by atoms with Gasteiger partial charge in [0.1, 0.15) is 12.2 Å². The summed E-state index contributed by atoms with van der Waals surface area (Å²) in [4.78, 5) is 11.5. The van der Waals surface area contributed by atoms with Gasteiger partial charge in [-0.1, -0.05) is 24.3 Å². The van der Waals surface area contributed by atoms with Crippen molar-refractivity contribution in [2.75, 3.05) is 19.0 Å². The lowest BCUT2D eigenvalue weighted by Gasteiger charge is -2.13. The summed E-state index contributed by atoms with van der Waals surface area (Å²) in [6.07, 6.45) is 1.53. The predicted octanol–water partition coefficient (Wildman–Crippen LogP) is 1.51. The second-order valence-electron chi connectivity index (χ2n) is 6.10. The highest BCUT2D eigenvalue weighted by Crippen LogP contribution is 2.29. The van der Waals surface area contributed by atoms with Crippen molar-refractivity contribution in [2.45, 2.75) is 24.9 Å². The number of benzene rings is 2. The maximum absolute atomic E-state index is 12.9. The van der Waals surface area contributed by atoms with Crippen LogP contribution >= 0.6 is 0 Å². The number of hydrogen-bond acceptors (Lipinski definition) is 6. The van der Waals surface area contributed by atoms with Crippen LogP contribution in [-0.4, -0.2) is 42.8 Å². The van der Waals surface area contributed by atoms with Crippen LogP contribution in [0.3, 0.4) is 0 Å². The summed E-state index contributed by atoms with van der Waals surface area (Å²) < 4.78 is 35.2. The lowest BCUT2D eigenvalue weighted by atomic mass is 10.1. The summed E-state index contributed by atoms with van der Waals surface area (Å²) in [6, 6.07) is 10.1. The highest BCUT2D eigenvalue weighted by Gasteiger charge is 2.20. The van der Waals surface area contributed by atoms with Crippen molar-refractivity contribution in [3.05, 3.63) is 48.5 Å². The summed E-state index contributed by atoms with van der Waals surface area (Å²) in [6.45, 7) is 2.39. The van der Waals surface area contributed by atoms with Crippen LogP contribution in [0.2, 0.25) is 0 Å². The zero-order valence-corrected chi connectivity index (χ0v) is 16.4. The Balaban J connectivity index is 1.89. The topological polar surface area (TPSA) is 115 Å². The molecule has 0 aliphatic rings. The number of rotatable bonds is 8. The number of fused-ring (bicyclic) bond motifs is 1. The fourth-order valence-corrected chi connectivity index (χ4v) is 4.02. The Morgan fingerprint density at radius 2 is 1.93 bits per heavy atom. The van der Waals surface area contributed by atoms with E-state index < -0.39 is 10.0 Å². The van der Waals surface area contributed by atoms with Gasteiger partial charge in [-0.15, -0.1) is 10.2 Å². The fourth-order valence-electron chi connectivity index (χ4n) is 2.83. The van der Waals surface area contributed by atoms with E-state index in [4.69, 9.17) is 4.74 Å². The van der Waals surface area contributed by atoms with Gasteiger partial charge in [-0.2, -0.15) is 0 Å². The van der Waals surface area contributed by atoms with E-state index in [-0.39, 0.29) is 17.3 Å². The van der Waals surface area contributed by atoms with E-state index >= 15 is 0 Å². The molecule has 1 heterocycles. The Bertz CT molecular complexity index is 1090. The van der Waals surface area contributed by atoms with Gasteiger partial charge < -0.3 is 14.6 Å². The van der Waals surface area contributed by atoms with Gasteiger partial charge >= 0.3 is 0 Å². The molecule has 0 saturated carbocycles. The smallest absolute Gasteiger partial charge is 0.241 e. The maximum atomic E-state index is 12.9. The normalized spacial score (nSPS) is 11.6. The van der Waals surface area contributed by atoms with Crippen molar-refractivity contribution in [3.8, 4) is 0 Å². The Hall–Kier alpha value is -2.82. The van der Waals surface area contributed by atoms with Crippen LogP contribution in [0.25, 0.3) is 10.8 Å². The molecule has 2 N–H and O–H groups in total. The second-order valence-corrected chi connectivity index (χ2v) is 7.83. The molecule has 0 unspecified atom stereocenters. The number of carbonyl (C=O) groups excluding carboxylic acids is 1. The van der Waals surface area contributed by atoms with Crippen LogP contribution in [0.5, 0.6) is 0 Å². The number of nitrogens with one attached hydrogen (secondary N) is 2. The molecule has 0 aliphatic heterocycles. The molecule has 0 bridgehead atoms. The molecule has 0 aliphatic carbocycles. The number of ether oxygens (including phenoxy) is 1. The van der Waals surface area contributed by atoms with E-state index in [1.54, 1.807) is 42.0 Å². The van der Waals surface area contributed by atoms with E-state index in [0.29, 0.717) is 35.4 Å². The Kier molecular flexibility index (Phi) is 6.02. The summed E-state index contributed by atoms with van der Waals surface area (Å²) in [5.74, 6) is 0.258. The van der Waals surface area contributed by atoms with Crippen LogP contribution in [0, 0.1) is 0 Å². The van der Waals surface area contributed by atoms with Gasteiger partial charge in [0.25, 0.3) is 0 Å². The molecular weight excluding hydrogens is 382 g/mol. The molecule has 9 nitrogen and oxygen atoms in total. The standard InChI is InChI=1S/C18H21N5O4S/c1-13(24)21-16-7-8-17(15-6-4-3-5-14(15)16)28(25,26)20-11-18-22-19-12-23(18)9-10-27-2/h3-8,12,20H,9-11H2,1-2H3,(H,21,24). The fraction of sp³-hybridized carbons (Fsp3) is 0.278. The number of carbonyl (C=O) groups is 1. The van der Waals surface area contributed by atoms with Crippen molar-refractivity contribution in [2.24, 2.45) is 0 Å². The number of anilines is 1. The van der Waals surface area contributed by atoms with Crippen LogP contribution in [0.1, 0.15) is 12.7 Å². The number of sulfonamides is 1. The minimum absolute atomic E-state index is 0.00613. The van der Waals surface area contributed by atoms with E-state index in [9.17, 15) is 13.2 Å². The van der Waals surface area contributed by atoms with Gasteiger partial charge in [0.15, 0.2) is 0 Å². The number of hydrogen-bond donors (Lipinski definition) is 2. The minimum Gasteiger partial charge on any atom is -0.383 e. The molecule has 0 saturated heterocycles. The van der Waals surface area contributed by atoms with Crippen LogP contribution in [-0.2, 0) is 32.6 Å². The second kappa shape index (κ2) is 8.46. The van der Waals surface area contributed by atoms with Crippen molar-refractivity contribution in [3.63, 3.8) is 0 Å². The van der Waals surface area contributed by atoms with E-state index in [1.165, 1.54) is 19.3 Å². The zero-order valence-electron chi connectivity index (χ0n) is 15.5. The van der Waals surface area contributed by atoms with Crippen LogP contribution < -0.4 is 10.0 Å². The molecule has 148 valence electrons. The van der Waals surface area contributed by atoms with Gasteiger partial charge in [-0.25, -0.2) is 13.1 Å². The first kappa shape index (κ1) is 19.9. The van der Waals surface area contributed by atoms with Gasteiger partial charge in [-0.05, 0) is 12.1 Å². The van der Waals surface area contributed by atoms with E-state index in [2.05, 4.69) is 20.2 Å². The molecule has 3 aromatic rings. The summed E-state index contributed by atoms with van der Waals surface area (Å²) >= 11 is 0. The third-order valence-corrected chi connectivity index (χ3v) is 5.60. The van der Waals surface area contributed by atoms with E-state index in [1.807, 2.05) is 0 Å². The van der Waals surface area contributed by atoms with Crippen molar-refractivity contribution < 1.29 is 17.9 Å². The first-order valence-electron chi connectivity index (χ1n) is 8.57. The molecule has 10 heteroatoms. The number of nitrogens with zero attached hydrogens (tertiary/aromatic N) is 3. The molecule has 2 aromatic carbocycles. The minimum atomic E-state index is -3.82. The van der Waals surface area contributed by atoms with Crippen molar-refractivity contribution >= 4 is 32.4 Å². The molecule has 28 heavy (non-hydrogen) atoms. The molecule has 0 fully saturated rings. The third-order valence-electron chi connectivity index (χ3n) is 4.14. The average molecular weight is 403 g/mol.